The molecule has 1 amide bonds. The number of rotatable bonds is 7. The third kappa shape index (κ3) is 4.43. The van der Waals surface area contributed by atoms with Gasteiger partial charge in [0.05, 0.1) is 24.3 Å². The Bertz CT molecular complexity index is 1200. The highest BCUT2D eigenvalue weighted by Gasteiger charge is 2.27. The van der Waals surface area contributed by atoms with E-state index in [1.54, 1.807) is 30.3 Å². The number of ether oxygens (including phenoxy) is 1. The summed E-state index contributed by atoms with van der Waals surface area (Å²) in [4.78, 5) is 24.8. The van der Waals surface area contributed by atoms with Crippen molar-refractivity contribution in [1.82, 2.24) is 14.8 Å². The Morgan fingerprint density at radius 1 is 1.24 bits per heavy atom. The maximum Gasteiger partial charge on any atom is 0.231 e. The van der Waals surface area contributed by atoms with E-state index in [1.165, 1.54) is 23.9 Å². The minimum Gasteiger partial charge on any atom is -0.376 e. The predicted molar refractivity (Wildman–Crippen MR) is 123 cm³/mol. The zero-order chi connectivity index (χ0) is 22.9. The molecular weight excluding hydrogens is 443 g/mol. The number of fused-ring (bicyclic) bond motifs is 1. The van der Waals surface area contributed by atoms with Gasteiger partial charge in [0.2, 0.25) is 5.91 Å². The van der Waals surface area contributed by atoms with Crippen molar-refractivity contribution < 1.29 is 18.7 Å². The first-order chi connectivity index (χ1) is 16.0. The van der Waals surface area contributed by atoms with Crippen molar-refractivity contribution >= 4 is 29.1 Å². The number of nitrogens with zero attached hydrogens (tertiary/aromatic N) is 3. The molecule has 1 N–H and O–H groups in total. The van der Waals surface area contributed by atoms with Crippen molar-refractivity contribution in [2.75, 3.05) is 17.7 Å². The van der Waals surface area contributed by atoms with E-state index in [0.29, 0.717) is 23.1 Å². The first kappa shape index (κ1) is 21.8. The van der Waals surface area contributed by atoms with E-state index in [0.717, 1.165) is 36.3 Å². The van der Waals surface area contributed by atoms with Crippen molar-refractivity contribution in [3.05, 3.63) is 59.4 Å². The van der Waals surface area contributed by atoms with E-state index >= 15 is 0 Å². The van der Waals surface area contributed by atoms with Crippen LogP contribution in [0.15, 0.2) is 47.6 Å². The van der Waals surface area contributed by atoms with E-state index in [9.17, 15) is 14.0 Å². The molecule has 1 fully saturated rings. The average molecular weight is 467 g/mol. The Labute approximate surface area is 194 Å². The van der Waals surface area contributed by atoms with Gasteiger partial charge in [-0.25, -0.2) is 4.39 Å². The van der Waals surface area contributed by atoms with Crippen LogP contribution >= 0.6 is 11.8 Å². The van der Waals surface area contributed by atoms with Crippen LogP contribution in [-0.4, -0.2) is 44.9 Å². The fraction of sp³-hybridized carbons (Fsp3) is 0.333. The van der Waals surface area contributed by atoms with E-state index in [4.69, 9.17) is 4.74 Å². The summed E-state index contributed by atoms with van der Waals surface area (Å²) >= 11 is 1.31. The van der Waals surface area contributed by atoms with Crippen LogP contribution in [0.25, 0.3) is 11.4 Å². The smallest absolute Gasteiger partial charge is 0.231 e. The number of nitrogens with one attached hydrogen (secondary N) is 1. The number of Topliss-reactive ketones (excluding diaryl/α,β-unsaturated/α-hetero) is 1. The van der Waals surface area contributed by atoms with Gasteiger partial charge < -0.3 is 10.1 Å². The normalized spacial score (nSPS) is 19.5. The largest absolute Gasteiger partial charge is 0.376 e. The van der Waals surface area contributed by atoms with Crippen LogP contribution in [0.4, 0.5) is 10.1 Å². The average Bonchev–Trinajstić information content (AvgIpc) is 3.54. The quantitative estimate of drug-likeness (QED) is 0.413. The van der Waals surface area contributed by atoms with Crippen molar-refractivity contribution in [2.24, 2.45) is 0 Å². The molecule has 9 heteroatoms. The molecule has 0 saturated carbocycles. The van der Waals surface area contributed by atoms with Gasteiger partial charge in [-0.15, -0.1) is 10.2 Å². The summed E-state index contributed by atoms with van der Waals surface area (Å²) in [5.74, 6) is 0.111. The molecule has 0 radical (unpaired) electrons. The SMILES string of the molecule is CC1C(=O)Nc2ccc(C(=O)CSc3nnc(-c4ccc(F)cc4)n3CC3CCCO3)cc21. The molecule has 1 aromatic heterocycles. The molecule has 2 aliphatic heterocycles. The third-order valence-electron chi connectivity index (χ3n) is 6.05. The van der Waals surface area contributed by atoms with E-state index in [-0.39, 0.29) is 35.3 Å². The van der Waals surface area contributed by atoms with Gasteiger partial charge in [0.15, 0.2) is 16.8 Å². The second kappa shape index (κ2) is 9.07. The molecule has 3 heterocycles. The van der Waals surface area contributed by atoms with Crippen LogP contribution in [0, 0.1) is 5.82 Å². The summed E-state index contributed by atoms with van der Waals surface area (Å²) in [5, 5.41) is 12.1. The topological polar surface area (TPSA) is 86.1 Å². The van der Waals surface area contributed by atoms with Crippen LogP contribution in [-0.2, 0) is 16.1 Å². The second-order valence-corrected chi connectivity index (χ2v) is 9.23. The molecule has 33 heavy (non-hydrogen) atoms. The van der Waals surface area contributed by atoms with E-state index in [2.05, 4.69) is 15.5 Å². The van der Waals surface area contributed by atoms with Crippen LogP contribution in [0.3, 0.4) is 0 Å². The summed E-state index contributed by atoms with van der Waals surface area (Å²) in [6.07, 6.45) is 2.01. The maximum atomic E-state index is 13.4. The number of hydrogen-bond donors (Lipinski definition) is 1. The summed E-state index contributed by atoms with van der Waals surface area (Å²) < 4.78 is 21.2. The van der Waals surface area contributed by atoms with Crippen molar-refractivity contribution in [3.63, 3.8) is 0 Å². The molecule has 0 bridgehead atoms. The van der Waals surface area contributed by atoms with Crippen LogP contribution < -0.4 is 5.32 Å². The highest BCUT2D eigenvalue weighted by atomic mass is 32.2. The molecule has 0 aliphatic carbocycles. The summed E-state index contributed by atoms with van der Waals surface area (Å²) in [6.45, 7) is 3.13. The Balaban J connectivity index is 1.36. The van der Waals surface area contributed by atoms with Crippen LogP contribution in [0.5, 0.6) is 0 Å². The molecule has 2 aromatic carbocycles. The number of ketones is 1. The van der Waals surface area contributed by atoms with Crippen LogP contribution in [0.2, 0.25) is 0 Å². The lowest BCUT2D eigenvalue weighted by molar-refractivity contribution is -0.116. The fourth-order valence-electron chi connectivity index (χ4n) is 4.17. The summed E-state index contributed by atoms with van der Waals surface area (Å²) in [6, 6.07) is 11.4. The van der Waals surface area contributed by atoms with Gasteiger partial charge in [0.1, 0.15) is 5.82 Å². The molecule has 2 unspecified atom stereocenters. The van der Waals surface area contributed by atoms with Crippen molar-refractivity contribution in [1.29, 1.82) is 0 Å². The lowest BCUT2D eigenvalue weighted by Gasteiger charge is -2.14. The number of carbonyl (C=O) groups excluding carboxylic acids is 2. The summed E-state index contributed by atoms with van der Waals surface area (Å²) in [7, 11) is 0. The first-order valence-electron chi connectivity index (χ1n) is 10.9. The van der Waals surface area contributed by atoms with E-state index in [1.807, 2.05) is 11.5 Å². The van der Waals surface area contributed by atoms with Gasteiger partial charge >= 0.3 is 0 Å². The van der Waals surface area contributed by atoms with Gasteiger partial charge in [0.25, 0.3) is 0 Å². The first-order valence-corrected chi connectivity index (χ1v) is 11.9. The van der Waals surface area contributed by atoms with Gasteiger partial charge in [0, 0.05) is 23.4 Å². The minimum absolute atomic E-state index is 0.0515. The molecule has 1 saturated heterocycles. The monoisotopic (exact) mass is 466 g/mol. The molecule has 5 rings (SSSR count). The molecule has 3 aromatic rings. The number of hydrogen-bond acceptors (Lipinski definition) is 6. The Kier molecular flexibility index (Phi) is 5.99. The number of halogens is 1. The minimum atomic E-state index is -0.315. The predicted octanol–water partition coefficient (Wildman–Crippen LogP) is 4.29. The Morgan fingerprint density at radius 2 is 2.06 bits per heavy atom. The third-order valence-corrected chi connectivity index (χ3v) is 7.02. The molecular formula is C24H23FN4O3S. The van der Waals surface area contributed by atoms with Crippen molar-refractivity contribution in [3.8, 4) is 11.4 Å². The summed E-state index contributed by atoms with van der Waals surface area (Å²) in [5.41, 5.74) is 2.92. The van der Waals surface area contributed by atoms with Gasteiger partial charge in [-0.05, 0) is 67.8 Å². The zero-order valence-electron chi connectivity index (χ0n) is 18.1. The van der Waals surface area contributed by atoms with Crippen molar-refractivity contribution in [2.45, 2.75) is 43.5 Å². The van der Waals surface area contributed by atoms with Crippen LogP contribution in [0.1, 0.15) is 41.6 Å². The number of thioether (sulfide) groups is 1. The number of benzene rings is 2. The lowest BCUT2D eigenvalue weighted by atomic mass is 9.99. The highest BCUT2D eigenvalue weighted by Crippen LogP contribution is 2.33. The molecule has 0 spiro atoms. The van der Waals surface area contributed by atoms with Gasteiger partial charge in [-0.3, -0.25) is 14.2 Å². The second-order valence-electron chi connectivity index (χ2n) is 8.28. The maximum absolute atomic E-state index is 13.4. The number of aromatic nitrogens is 3. The molecule has 2 atom stereocenters. The molecule has 170 valence electrons. The number of carbonyl (C=O) groups is 2. The number of anilines is 1. The molecule has 7 nitrogen and oxygen atoms in total. The van der Waals surface area contributed by atoms with E-state index < -0.39 is 0 Å². The Hall–Kier alpha value is -3.04. The zero-order valence-corrected chi connectivity index (χ0v) is 18.9. The highest BCUT2D eigenvalue weighted by molar-refractivity contribution is 7.99. The van der Waals surface area contributed by atoms with Gasteiger partial charge in [-0.2, -0.15) is 0 Å². The molecule has 2 aliphatic rings. The fourth-order valence-corrected chi connectivity index (χ4v) is 5.01. The number of amides is 1. The standard InChI is InChI=1S/C24H23FN4O3S/c1-14-19-11-16(6-9-20(19)26-23(14)31)21(30)13-33-24-28-27-22(15-4-7-17(25)8-5-15)29(24)12-18-3-2-10-32-18/h4-9,11,14,18H,2-3,10,12-13H2,1H3,(H,26,31). The van der Waals surface area contributed by atoms with Gasteiger partial charge in [-0.1, -0.05) is 11.8 Å². The lowest BCUT2D eigenvalue weighted by Crippen LogP contribution is -2.17. The Morgan fingerprint density at radius 3 is 2.82 bits per heavy atom.